The number of nitrogens with zero attached hydrogens (tertiary/aromatic N) is 2. The van der Waals surface area contributed by atoms with E-state index in [1.165, 1.54) is 11.8 Å². The maximum absolute atomic E-state index is 12.6. The molecule has 1 aromatic rings. The lowest BCUT2D eigenvalue weighted by molar-refractivity contribution is -0.163. The predicted octanol–water partition coefficient (Wildman–Crippen LogP) is 1.96. The van der Waals surface area contributed by atoms with Crippen LogP contribution in [0.3, 0.4) is 0 Å². The molecule has 7 heteroatoms. The third kappa shape index (κ3) is 1.99. The molecule has 2 bridgehead atoms. The van der Waals surface area contributed by atoms with Gasteiger partial charge in [-0.25, -0.2) is 4.99 Å². The summed E-state index contributed by atoms with van der Waals surface area (Å²) in [6.45, 7) is 3.82. The van der Waals surface area contributed by atoms with Gasteiger partial charge in [0.15, 0.2) is 5.17 Å². The Balaban J connectivity index is 1.92. The number of benzene rings is 1. The first kappa shape index (κ1) is 14.6. The lowest BCUT2D eigenvalue weighted by Gasteiger charge is -2.48. The lowest BCUT2D eigenvalue weighted by Crippen LogP contribution is -2.59. The van der Waals surface area contributed by atoms with Gasteiger partial charge in [0.05, 0.1) is 18.4 Å². The Morgan fingerprint density at radius 2 is 2.30 bits per heavy atom. The number of ether oxygens (including phenoxy) is 2. The van der Waals surface area contributed by atoms with Crippen molar-refractivity contribution in [3.8, 4) is 5.75 Å². The van der Waals surface area contributed by atoms with Gasteiger partial charge < -0.3 is 9.47 Å². The quantitative estimate of drug-likeness (QED) is 0.775. The van der Waals surface area contributed by atoms with Gasteiger partial charge in [-0.3, -0.25) is 14.5 Å². The van der Waals surface area contributed by atoms with Crippen LogP contribution in [0.2, 0.25) is 0 Å². The van der Waals surface area contributed by atoms with E-state index in [-0.39, 0.29) is 18.5 Å². The van der Waals surface area contributed by atoms with Crippen LogP contribution in [0.15, 0.2) is 29.3 Å². The minimum absolute atomic E-state index is 0.0354. The second-order valence-corrected chi connectivity index (χ2v) is 6.76. The Morgan fingerprint density at radius 3 is 3.09 bits per heavy atom. The summed E-state index contributed by atoms with van der Waals surface area (Å²) in [6.07, 6.45) is 0. The van der Waals surface area contributed by atoms with Crippen molar-refractivity contribution in [2.75, 3.05) is 12.4 Å². The number of rotatable bonds is 2. The molecule has 3 heterocycles. The number of para-hydroxylation sites is 1. The molecule has 0 saturated carbocycles. The molecule has 23 heavy (non-hydrogen) atoms. The van der Waals surface area contributed by atoms with Crippen molar-refractivity contribution in [1.29, 1.82) is 0 Å². The molecule has 0 spiro atoms. The molecule has 1 amide bonds. The fourth-order valence-electron chi connectivity index (χ4n) is 3.46. The van der Waals surface area contributed by atoms with Crippen LogP contribution in [0.25, 0.3) is 0 Å². The SMILES string of the molecule is CCOC(=O)[C@H]1[C@H]2c3ccccc3O[C@]1(C)N=C1SCC(=O)N12. The minimum atomic E-state index is -1.06. The topological polar surface area (TPSA) is 68.2 Å². The van der Waals surface area contributed by atoms with E-state index in [2.05, 4.69) is 4.99 Å². The van der Waals surface area contributed by atoms with Gasteiger partial charge in [-0.2, -0.15) is 0 Å². The predicted molar refractivity (Wildman–Crippen MR) is 85.1 cm³/mol. The molecule has 0 aromatic heterocycles. The first-order valence-electron chi connectivity index (χ1n) is 7.54. The molecular weight excluding hydrogens is 316 g/mol. The Kier molecular flexibility index (Phi) is 3.16. The van der Waals surface area contributed by atoms with E-state index in [1.54, 1.807) is 18.7 Å². The molecule has 3 aliphatic rings. The van der Waals surface area contributed by atoms with Crippen LogP contribution in [0.1, 0.15) is 25.5 Å². The first-order valence-corrected chi connectivity index (χ1v) is 8.53. The summed E-state index contributed by atoms with van der Waals surface area (Å²) in [7, 11) is 0. The summed E-state index contributed by atoms with van der Waals surface area (Å²) >= 11 is 1.39. The Bertz CT molecular complexity index is 735. The summed E-state index contributed by atoms with van der Waals surface area (Å²) in [5.41, 5.74) is -0.236. The standard InChI is InChI=1S/C16H16N2O4S/c1-3-21-14(20)12-13-9-6-4-5-7-10(9)22-16(12,2)17-15-18(13)11(19)8-23-15/h4-7,12-13H,3,8H2,1-2H3/t12-,13-,16+/m1/s1. The molecule has 0 radical (unpaired) electrons. The van der Waals surface area contributed by atoms with Gasteiger partial charge in [0.2, 0.25) is 11.6 Å². The summed E-state index contributed by atoms with van der Waals surface area (Å²) in [4.78, 5) is 31.2. The number of aliphatic imine (C=N–C) groups is 1. The zero-order valence-corrected chi connectivity index (χ0v) is 13.6. The fraction of sp³-hybridized carbons (Fsp3) is 0.438. The van der Waals surface area contributed by atoms with Gasteiger partial charge >= 0.3 is 5.97 Å². The number of fused-ring (bicyclic) bond motifs is 6. The van der Waals surface area contributed by atoms with Crippen LogP contribution in [0, 0.1) is 5.92 Å². The lowest BCUT2D eigenvalue weighted by atomic mass is 9.80. The Hall–Kier alpha value is -2.02. The molecule has 1 fully saturated rings. The van der Waals surface area contributed by atoms with Crippen LogP contribution in [0.4, 0.5) is 0 Å². The number of hydrogen-bond donors (Lipinski definition) is 0. The van der Waals surface area contributed by atoms with Gasteiger partial charge in [-0.1, -0.05) is 30.0 Å². The number of amidine groups is 1. The summed E-state index contributed by atoms with van der Waals surface area (Å²) in [5.74, 6) is -0.103. The van der Waals surface area contributed by atoms with Gasteiger partial charge in [-0.05, 0) is 19.9 Å². The monoisotopic (exact) mass is 332 g/mol. The van der Waals surface area contributed by atoms with Crippen molar-refractivity contribution < 1.29 is 19.1 Å². The van der Waals surface area contributed by atoms with Crippen molar-refractivity contribution in [2.24, 2.45) is 10.9 Å². The van der Waals surface area contributed by atoms with Gasteiger partial charge in [0.1, 0.15) is 11.7 Å². The molecule has 6 nitrogen and oxygen atoms in total. The normalized spacial score (nSPS) is 31.0. The minimum Gasteiger partial charge on any atom is -0.466 e. The third-order valence-electron chi connectivity index (χ3n) is 4.38. The van der Waals surface area contributed by atoms with E-state index in [1.807, 2.05) is 24.3 Å². The molecule has 0 unspecified atom stereocenters. The zero-order valence-electron chi connectivity index (χ0n) is 12.8. The molecule has 3 aliphatic heterocycles. The highest BCUT2D eigenvalue weighted by atomic mass is 32.2. The molecule has 1 aromatic carbocycles. The van der Waals surface area contributed by atoms with Crippen LogP contribution >= 0.6 is 11.8 Å². The molecule has 0 N–H and O–H groups in total. The Labute approximate surface area is 137 Å². The average Bonchev–Trinajstić information content (AvgIpc) is 2.86. The van der Waals surface area contributed by atoms with Crippen molar-refractivity contribution >= 4 is 28.8 Å². The molecule has 120 valence electrons. The van der Waals surface area contributed by atoms with E-state index in [4.69, 9.17) is 9.47 Å². The zero-order chi connectivity index (χ0) is 16.2. The van der Waals surface area contributed by atoms with E-state index >= 15 is 0 Å². The second-order valence-electron chi connectivity index (χ2n) is 5.82. The third-order valence-corrected chi connectivity index (χ3v) is 5.32. The van der Waals surface area contributed by atoms with Crippen LogP contribution in [-0.4, -0.2) is 40.0 Å². The second kappa shape index (κ2) is 4.99. The van der Waals surface area contributed by atoms with E-state index in [0.717, 1.165) is 5.56 Å². The molecule has 4 rings (SSSR count). The van der Waals surface area contributed by atoms with Crippen molar-refractivity contribution in [3.63, 3.8) is 0 Å². The summed E-state index contributed by atoms with van der Waals surface area (Å²) in [6, 6.07) is 7.06. The molecule has 3 atom stereocenters. The van der Waals surface area contributed by atoms with Crippen molar-refractivity contribution in [3.05, 3.63) is 29.8 Å². The maximum Gasteiger partial charge on any atom is 0.317 e. The van der Waals surface area contributed by atoms with Crippen LogP contribution < -0.4 is 4.74 Å². The average molecular weight is 332 g/mol. The van der Waals surface area contributed by atoms with Crippen molar-refractivity contribution in [2.45, 2.75) is 25.6 Å². The summed E-state index contributed by atoms with van der Waals surface area (Å²) < 4.78 is 11.3. The fourth-order valence-corrected chi connectivity index (χ4v) is 4.45. The number of amides is 1. The van der Waals surface area contributed by atoms with Crippen LogP contribution in [-0.2, 0) is 14.3 Å². The number of carbonyl (C=O) groups is 2. The summed E-state index contributed by atoms with van der Waals surface area (Å²) in [5, 5.41) is 0.623. The highest BCUT2D eigenvalue weighted by Crippen LogP contribution is 2.52. The number of thioether (sulfide) groups is 1. The number of carbonyl (C=O) groups excluding carboxylic acids is 2. The Morgan fingerprint density at radius 1 is 1.52 bits per heavy atom. The highest BCUT2D eigenvalue weighted by Gasteiger charge is 2.60. The maximum atomic E-state index is 12.6. The smallest absolute Gasteiger partial charge is 0.317 e. The molecule has 0 aliphatic carbocycles. The van der Waals surface area contributed by atoms with Gasteiger partial charge in [0.25, 0.3) is 0 Å². The molecular formula is C16H16N2O4S. The van der Waals surface area contributed by atoms with E-state index < -0.39 is 17.7 Å². The number of esters is 1. The van der Waals surface area contributed by atoms with Crippen molar-refractivity contribution in [1.82, 2.24) is 4.90 Å². The molecule has 1 saturated heterocycles. The van der Waals surface area contributed by atoms with Crippen LogP contribution in [0.5, 0.6) is 5.75 Å². The van der Waals surface area contributed by atoms with E-state index in [0.29, 0.717) is 16.7 Å². The largest absolute Gasteiger partial charge is 0.466 e. The van der Waals surface area contributed by atoms with E-state index in [9.17, 15) is 9.59 Å². The first-order chi connectivity index (χ1) is 11.0. The highest BCUT2D eigenvalue weighted by molar-refractivity contribution is 8.15. The number of hydrogen-bond acceptors (Lipinski definition) is 6. The van der Waals surface area contributed by atoms with Gasteiger partial charge in [-0.15, -0.1) is 0 Å². The van der Waals surface area contributed by atoms with Gasteiger partial charge in [0, 0.05) is 5.56 Å².